The lowest BCUT2D eigenvalue weighted by Crippen LogP contribution is -1.99. The van der Waals surface area contributed by atoms with Crippen molar-refractivity contribution in [3.8, 4) is 5.75 Å². The normalized spacial score (nSPS) is 12.1. The maximum Gasteiger partial charge on any atom is 0.371 e. The Morgan fingerprint density at radius 1 is 1.40 bits per heavy atom. The van der Waals surface area contributed by atoms with Gasteiger partial charge in [-0.2, -0.15) is 0 Å². The molecule has 0 radical (unpaired) electrons. The van der Waals surface area contributed by atoms with E-state index in [4.69, 9.17) is 14.3 Å². The molecule has 1 atom stereocenters. The Kier molecular flexibility index (Phi) is 4.24. The van der Waals surface area contributed by atoms with Gasteiger partial charge in [-0.1, -0.05) is 12.1 Å². The number of hydrogen-bond donors (Lipinski definition) is 1. The van der Waals surface area contributed by atoms with Gasteiger partial charge < -0.3 is 14.3 Å². The molecular formula is C14H14O5S. The summed E-state index contributed by atoms with van der Waals surface area (Å²) in [4.78, 5) is 11.4. The van der Waals surface area contributed by atoms with Crippen LogP contribution in [-0.2, 0) is 16.6 Å². The number of methoxy groups -OCH3 is 1. The summed E-state index contributed by atoms with van der Waals surface area (Å²) in [5.41, 5.74) is 0.617. The summed E-state index contributed by atoms with van der Waals surface area (Å²) in [7, 11) is 0.182. The van der Waals surface area contributed by atoms with Crippen LogP contribution in [0.1, 0.15) is 21.9 Å². The highest BCUT2D eigenvalue weighted by Crippen LogP contribution is 2.25. The number of aryl methyl sites for hydroxylation is 1. The smallest absolute Gasteiger partial charge is 0.371 e. The number of carboxylic acid groups (broad SMARTS) is 1. The van der Waals surface area contributed by atoms with Crippen molar-refractivity contribution in [3.63, 3.8) is 0 Å². The minimum absolute atomic E-state index is 0.144. The molecule has 106 valence electrons. The zero-order chi connectivity index (χ0) is 14.7. The van der Waals surface area contributed by atoms with E-state index in [1.165, 1.54) is 13.2 Å². The van der Waals surface area contributed by atoms with Gasteiger partial charge in [-0.3, -0.25) is 4.21 Å². The molecule has 0 spiro atoms. The number of rotatable bonds is 5. The first-order valence-corrected chi connectivity index (χ1v) is 7.19. The van der Waals surface area contributed by atoms with Gasteiger partial charge in [0.15, 0.2) is 0 Å². The molecule has 1 aromatic carbocycles. The van der Waals surface area contributed by atoms with Crippen molar-refractivity contribution in [1.29, 1.82) is 0 Å². The largest absolute Gasteiger partial charge is 0.495 e. The van der Waals surface area contributed by atoms with Gasteiger partial charge in [0.2, 0.25) is 5.76 Å². The molecular weight excluding hydrogens is 280 g/mol. The van der Waals surface area contributed by atoms with Gasteiger partial charge in [-0.05, 0) is 25.1 Å². The van der Waals surface area contributed by atoms with E-state index in [0.717, 1.165) is 0 Å². The molecule has 0 aliphatic heterocycles. The maximum atomic E-state index is 12.4. The summed E-state index contributed by atoms with van der Waals surface area (Å²) in [5, 5.41) is 8.87. The van der Waals surface area contributed by atoms with Crippen molar-refractivity contribution in [2.24, 2.45) is 0 Å². The molecule has 0 fully saturated rings. The van der Waals surface area contributed by atoms with Crippen molar-refractivity contribution in [3.05, 3.63) is 47.4 Å². The van der Waals surface area contributed by atoms with Gasteiger partial charge in [-0.25, -0.2) is 4.79 Å². The molecule has 1 N–H and O–H groups in total. The second kappa shape index (κ2) is 5.92. The predicted octanol–water partition coefficient (Wildman–Crippen LogP) is 2.60. The summed E-state index contributed by atoms with van der Waals surface area (Å²) in [6, 6.07) is 8.44. The monoisotopic (exact) mass is 294 g/mol. The number of para-hydroxylation sites is 1. The summed E-state index contributed by atoms with van der Waals surface area (Å²) < 4.78 is 22.6. The van der Waals surface area contributed by atoms with E-state index in [-0.39, 0.29) is 11.5 Å². The van der Waals surface area contributed by atoms with E-state index >= 15 is 0 Å². The van der Waals surface area contributed by atoms with Gasteiger partial charge in [-0.15, -0.1) is 0 Å². The SMILES string of the molecule is COc1ccccc1S(=O)Cc1cc(C(=O)O)oc1C. The van der Waals surface area contributed by atoms with E-state index < -0.39 is 16.8 Å². The van der Waals surface area contributed by atoms with Crippen LogP contribution in [0.5, 0.6) is 5.75 Å². The molecule has 0 saturated heterocycles. The van der Waals surface area contributed by atoms with Crippen LogP contribution in [0.4, 0.5) is 0 Å². The van der Waals surface area contributed by atoms with Gasteiger partial charge in [0.1, 0.15) is 11.5 Å². The summed E-state index contributed by atoms with van der Waals surface area (Å²) >= 11 is 0. The van der Waals surface area contributed by atoms with E-state index in [1.807, 2.05) is 0 Å². The molecule has 20 heavy (non-hydrogen) atoms. The summed E-state index contributed by atoms with van der Waals surface area (Å²) in [6.07, 6.45) is 0. The van der Waals surface area contributed by atoms with Gasteiger partial charge in [0.05, 0.1) is 28.6 Å². The van der Waals surface area contributed by atoms with Crippen LogP contribution in [0.15, 0.2) is 39.6 Å². The molecule has 2 rings (SSSR count). The fourth-order valence-corrected chi connectivity index (χ4v) is 3.13. The first-order chi connectivity index (χ1) is 9.52. The van der Waals surface area contributed by atoms with Crippen LogP contribution >= 0.6 is 0 Å². The fraction of sp³-hybridized carbons (Fsp3) is 0.214. The quantitative estimate of drug-likeness (QED) is 0.917. The number of carboxylic acids is 1. The molecule has 6 heteroatoms. The van der Waals surface area contributed by atoms with Crippen molar-refractivity contribution in [1.82, 2.24) is 0 Å². The van der Waals surface area contributed by atoms with Gasteiger partial charge in [0.25, 0.3) is 0 Å². The van der Waals surface area contributed by atoms with E-state index in [1.54, 1.807) is 31.2 Å². The fourth-order valence-electron chi connectivity index (χ4n) is 1.79. The maximum absolute atomic E-state index is 12.4. The van der Waals surface area contributed by atoms with E-state index in [2.05, 4.69) is 0 Å². The molecule has 0 aliphatic rings. The molecule has 0 saturated carbocycles. The molecule has 1 aromatic heterocycles. The molecule has 5 nitrogen and oxygen atoms in total. The Morgan fingerprint density at radius 2 is 2.10 bits per heavy atom. The zero-order valence-corrected chi connectivity index (χ0v) is 11.9. The van der Waals surface area contributed by atoms with Crippen molar-refractivity contribution < 1.29 is 23.3 Å². The van der Waals surface area contributed by atoms with Crippen LogP contribution in [0.2, 0.25) is 0 Å². The number of aromatic carboxylic acids is 1. The third kappa shape index (κ3) is 2.91. The minimum Gasteiger partial charge on any atom is -0.495 e. The molecule has 0 aliphatic carbocycles. The minimum atomic E-state index is -1.33. The molecule has 0 amide bonds. The number of hydrogen-bond acceptors (Lipinski definition) is 4. The first-order valence-electron chi connectivity index (χ1n) is 5.87. The number of furan rings is 1. The average Bonchev–Trinajstić information content (AvgIpc) is 2.80. The number of carbonyl (C=O) groups is 1. The zero-order valence-electron chi connectivity index (χ0n) is 11.1. The lowest BCUT2D eigenvalue weighted by molar-refractivity contribution is 0.0661. The van der Waals surface area contributed by atoms with Crippen molar-refractivity contribution >= 4 is 16.8 Å². The summed E-state index contributed by atoms with van der Waals surface area (Å²) in [6.45, 7) is 1.65. The molecule has 0 bridgehead atoms. The molecule has 1 heterocycles. The Bertz CT molecular complexity index is 659. The Balaban J connectivity index is 2.26. The van der Waals surface area contributed by atoms with Crippen LogP contribution in [0.25, 0.3) is 0 Å². The van der Waals surface area contributed by atoms with Crippen LogP contribution in [0.3, 0.4) is 0 Å². The van der Waals surface area contributed by atoms with E-state index in [9.17, 15) is 9.00 Å². The van der Waals surface area contributed by atoms with Crippen LogP contribution in [-0.4, -0.2) is 22.4 Å². The van der Waals surface area contributed by atoms with Gasteiger partial charge in [0, 0.05) is 5.56 Å². The van der Waals surface area contributed by atoms with Gasteiger partial charge >= 0.3 is 5.97 Å². The Morgan fingerprint density at radius 3 is 2.70 bits per heavy atom. The molecule has 2 aromatic rings. The second-order valence-electron chi connectivity index (χ2n) is 4.14. The Labute approximate surface area is 118 Å². The highest BCUT2D eigenvalue weighted by atomic mass is 32.2. The lowest BCUT2D eigenvalue weighted by Gasteiger charge is -2.07. The number of ether oxygens (including phenoxy) is 1. The highest BCUT2D eigenvalue weighted by molar-refractivity contribution is 7.84. The van der Waals surface area contributed by atoms with Crippen molar-refractivity contribution in [2.45, 2.75) is 17.6 Å². The Hall–Kier alpha value is -2.08. The molecule has 1 unspecified atom stereocenters. The van der Waals surface area contributed by atoms with Crippen LogP contribution < -0.4 is 4.74 Å². The van der Waals surface area contributed by atoms with Crippen LogP contribution in [0, 0.1) is 6.92 Å². The number of benzene rings is 1. The first kappa shape index (κ1) is 14.3. The van der Waals surface area contributed by atoms with Crippen molar-refractivity contribution in [2.75, 3.05) is 7.11 Å². The second-order valence-corrected chi connectivity index (χ2v) is 5.56. The third-order valence-electron chi connectivity index (χ3n) is 2.83. The average molecular weight is 294 g/mol. The standard InChI is InChI=1S/C14H14O5S/c1-9-10(7-12(19-9)14(15)16)8-20(17)13-6-4-3-5-11(13)18-2/h3-7H,8H2,1-2H3,(H,15,16). The topological polar surface area (TPSA) is 76.7 Å². The highest BCUT2D eigenvalue weighted by Gasteiger charge is 2.17. The summed E-state index contributed by atoms with van der Waals surface area (Å²) in [5.74, 6) is -0.0868. The third-order valence-corrected chi connectivity index (χ3v) is 4.23. The van der Waals surface area contributed by atoms with E-state index in [0.29, 0.717) is 22.0 Å². The lowest BCUT2D eigenvalue weighted by atomic mass is 10.3. The predicted molar refractivity (Wildman–Crippen MR) is 73.5 cm³/mol.